The maximum absolute atomic E-state index is 5.39. The molecule has 300 valence electrons. The van der Waals surface area contributed by atoms with Gasteiger partial charge in [-0.1, -0.05) is 178 Å². The molecule has 0 saturated carbocycles. The third-order valence-corrected chi connectivity index (χ3v) is 15.0. The van der Waals surface area contributed by atoms with Crippen molar-refractivity contribution in [2.24, 2.45) is 0 Å². The van der Waals surface area contributed by atoms with Crippen LogP contribution >= 0.6 is 11.3 Å². The van der Waals surface area contributed by atoms with Crippen LogP contribution in [0.1, 0.15) is 25.0 Å². The van der Waals surface area contributed by atoms with Gasteiger partial charge in [-0.05, 0) is 103 Å². The van der Waals surface area contributed by atoms with Crippen molar-refractivity contribution in [3.05, 3.63) is 218 Å². The molecule has 13 rings (SSSR count). The van der Waals surface area contributed by atoms with Gasteiger partial charge in [0.05, 0.1) is 22.9 Å². The summed E-state index contributed by atoms with van der Waals surface area (Å²) in [5.41, 5.74) is 18.8. The molecule has 0 amide bonds. The van der Waals surface area contributed by atoms with Crippen LogP contribution in [-0.2, 0) is 5.41 Å². The van der Waals surface area contributed by atoms with E-state index in [0.29, 0.717) is 0 Å². The molecule has 1 aliphatic rings. The largest absolute Gasteiger partial charge is 0.252 e. The molecule has 12 aromatic rings. The summed E-state index contributed by atoms with van der Waals surface area (Å²) in [5.74, 6) is 0. The fourth-order valence-corrected chi connectivity index (χ4v) is 11.8. The summed E-state index contributed by atoms with van der Waals surface area (Å²) in [6.07, 6.45) is 1.95. The Bertz CT molecular complexity index is 3830. The second-order valence-electron chi connectivity index (χ2n) is 17.7. The zero-order valence-corrected chi connectivity index (χ0v) is 36.2. The Balaban J connectivity index is 1.04. The average molecular weight is 833 g/mol. The van der Waals surface area contributed by atoms with E-state index < -0.39 is 0 Å². The summed E-state index contributed by atoms with van der Waals surface area (Å²) in [5, 5.41) is 7.17. The monoisotopic (exact) mass is 832 g/mol. The van der Waals surface area contributed by atoms with Crippen LogP contribution in [0.25, 0.3) is 120 Å². The van der Waals surface area contributed by atoms with E-state index in [1.807, 2.05) is 17.5 Å². The van der Waals surface area contributed by atoms with Crippen LogP contribution in [0.15, 0.2) is 206 Å². The topological polar surface area (TPSA) is 25.8 Å². The lowest BCUT2D eigenvalue weighted by Crippen LogP contribution is -2.14. The molecular formula is C61H40N2S. The second kappa shape index (κ2) is 14.2. The number of benzene rings is 10. The fourth-order valence-electron chi connectivity index (χ4n) is 10.5. The smallest absolute Gasteiger partial charge is 0.0979 e. The molecule has 2 heterocycles. The van der Waals surface area contributed by atoms with Crippen LogP contribution < -0.4 is 0 Å². The van der Waals surface area contributed by atoms with Gasteiger partial charge in [0.2, 0.25) is 0 Å². The molecule has 2 nitrogen and oxygen atoms in total. The molecule has 0 aliphatic heterocycles. The summed E-state index contributed by atoms with van der Waals surface area (Å²) >= 11 is 1.91. The van der Waals surface area contributed by atoms with E-state index in [0.717, 1.165) is 38.6 Å². The molecular weight excluding hydrogens is 793 g/mol. The van der Waals surface area contributed by atoms with E-state index in [2.05, 4.69) is 214 Å². The van der Waals surface area contributed by atoms with Crippen molar-refractivity contribution in [1.82, 2.24) is 9.97 Å². The molecule has 2 aromatic heterocycles. The van der Waals surface area contributed by atoms with Crippen molar-refractivity contribution in [3.63, 3.8) is 0 Å². The van der Waals surface area contributed by atoms with Crippen LogP contribution in [0.5, 0.6) is 0 Å². The highest BCUT2D eigenvalue weighted by Gasteiger charge is 2.35. The summed E-state index contributed by atoms with van der Waals surface area (Å²) in [6, 6.07) is 73.4. The highest BCUT2D eigenvalue weighted by Crippen LogP contribution is 2.52. The summed E-state index contributed by atoms with van der Waals surface area (Å²) in [7, 11) is 0. The summed E-state index contributed by atoms with van der Waals surface area (Å²) < 4.78 is 2.57. The first kappa shape index (κ1) is 36.9. The van der Waals surface area contributed by atoms with Gasteiger partial charge in [-0.15, -0.1) is 11.3 Å². The molecule has 0 saturated heterocycles. The number of hydrogen-bond acceptors (Lipinski definition) is 3. The lowest BCUT2D eigenvalue weighted by Gasteiger charge is -2.22. The van der Waals surface area contributed by atoms with Gasteiger partial charge in [0.15, 0.2) is 0 Å². The maximum Gasteiger partial charge on any atom is 0.0979 e. The van der Waals surface area contributed by atoms with Gasteiger partial charge in [0, 0.05) is 53.1 Å². The van der Waals surface area contributed by atoms with Gasteiger partial charge in [0.25, 0.3) is 0 Å². The van der Waals surface area contributed by atoms with E-state index >= 15 is 0 Å². The normalized spacial score (nSPS) is 13.0. The van der Waals surface area contributed by atoms with Gasteiger partial charge >= 0.3 is 0 Å². The predicted octanol–water partition coefficient (Wildman–Crippen LogP) is 16.9. The molecule has 0 N–H and O–H groups in total. The lowest BCUT2D eigenvalue weighted by molar-refractivity contribution is 0.660. The number of nitrogens with zero attached hydrogens (tertiary/aromatic N) is 2. The van der Waals surface area contributed by atoms with E-state index in [-0.39, 0.29) is 5.41 Å². The lowest BCUT2D eigenvalue weighted by atomic mass is 9.81. The third kappa shape index (κ3) is 5.64. The second-order valence-corrected chi connectivity index (χ2v) is 18.7. The van der Waals surface area contributed by atoms with Gasteiger partial charge in [-0.3, -0.25) is 4.98 Å². The van der Waals surface area contributed by atoms with Crippen molar-refractivity contribution in [2.45, 2.75) is 19.3 Å². The Labute approximate surface area is 375 Å². The molecule has 3 heteroatoms. The van der Waals surface area contributed by atoms with E-state index in [9.17, 15) is 0 Å². The van der Waals surface area contributed by atoms with Crippen LogP contribution in [0, 0.1) is 0 Å². The van der Waals surface area contributed by atoms with Crippen molar-refractivity contribution < 1.29 is 0 Å². The van der Waals surface area contributed by atoms with Gasteiger partial charge in [0.1, 0.15) is 0 Å². The minimum Gasteiger partial charge on any atom is -0.252 e. The minimum atomic E-state index is -0.0999. The quantitative estimate of drug-likeness (QED) is 0.161. The standard InChI is InChI=1S/C61H40N2S/c1-61(2)54-27-14-13-24-46(54)47-29-28-40(35-55(47)61)51-32-43(38-18-7-4-8-19-38)34-53-52-33-42(37-16-5-3-6-17-37)31-50(59(52)64-60(51)53)39-20-15-21-41(30-39)56-36-62-57-48-25-11-9-22-44(48)45-23-10-12-26-49(45)58(57)63-56/h3-36H,1-2H3. The number of thiophene rings is 1. The summed E-state index contributed by atoms with van der Waals surface area (Å²) in [6.45, 7) is 4.74. The third-order valence-electron chi connectivity index (χ3n) is 13.7. The first-order valence-corrected chi connectivity index (χ1v) is 22.9. The number of rotatable bonds is 5. The van der Waals surface area contributed by atoms with Crippen molar-refractivity contribution in [2.75, 3.05) is 0 Å². The molecule has 1 aliphatic carbocycles. The molecule has 0 atom stereocenters. The average Bonchev–Trinajstić information content (AvgIpc) is 3.85. The van der Waals surface area contributed by atoms with Crippen molar-refractivity contribution in [1.29, 1.82) is 0 Å². The Morgan fingerprint density at radius 2 is 0.859 bits per heavy atom. The molecule has 0 bridgehead atoms. The van der Waals surface area contributed by atoms with Crippen LogP contribution in [0.2, 0.25) is 0 Å². The molecule has 0 fully saturated rings. The number of fused-ring (bicyclic) bond motifs is 12. The summed E-state index contributed by atoms with van der Waals surface area (Å²) in [4.78, 5) is 10.5. The van der Waals surface area contributed by atoms with Crippen molar-refractivity contribution in [3.8, 4) is 66.9 Å². The van der Waals surface area contributed by atoms with Crippen LogP contribution in [0.3, 0.4) is 0 Å². The van der Waals surface area contributed by atoms with Crippen molar-refractivity contribution >= 4 is 64.1 Å². The fraction of sp³-hybridized carbons (Fsp3) is 0.0492. The molecule has 0 unspecified atom stereocenters. The zero-order valence-electron chi connectivity index (χ0n) is 35.4. The molecule has 0 spiro atoms. The zero-order chi connectivity index (χ0) is 42.5. The Morgan fingerprint density at radius 3 is 1.52 bits per heavy atom. The van der Waals surface area contributed by atoms with E-state index in [1.54, 1.807) is 0 Å². The number of aromatic nitrogens is 2. The Hall–Kier alpha value is -7.72. The predicted molar refractivity (Wildman–Crippen MR) is 272 cm³/mol. The molecule has 10 aromatic carbocycles. The van der Waals surface area contributed by atoms with Crippen LogP contribution in [0.4, 0.5) is 0 Å². The first-order chi connectivity index (χ1) is 31.5. The highest BCUT2D eigenvalue weighted by molar-refractivity contribution is 7.27. The van der Waals surface area contributed by atoms with Gasteiger partial charge in [-0.25, -0.2) is 4.98 Å². The maximum atomic E-state index is 5.39. The van der Waals surface area contributed by atoms with Gasteiger partial charge < -0.3 is 0 Å². The van der Waals surface area contributed by atoms with E-state index in [1.165, 1.54) is 92.1 Å². The number of hydrogen-bond donors (Lipinski definition) is 0. The molecule has 0 radical (unpaired) electrons. The Morgan fingerprint density at radius 1 is 0.344 bits per heavy atom. The first-order valence-electron chi connectivity index (χ1n) is 22.0. The molecule has 64 heavy (non-hydrogen) atoms. The Kier molecular flexibility index (Phi) is 8.16. The van der Waals surface area contributed by atoms with Crippen LogP contribution in [-0.4, -0.2) is 9.97 Å². The minimum absolute atomic E-state index is 0.0999. The van der Waals surface area contributed by atoms with Gasteiger partial charge in [-0.2, -0.15) is 0 Å². The SMILES string of the molecule is CC1(C)c2ccccc2-c2ccc(-c3cc(-c4ccccc4)cc4c3sc3c(-c5cccc(-c6cnc7c8ccccc8c8ccccc8c7n6)c5)cc(-c5ccccc5)cc34)cc21. The van der Waals surface area contributed by atoms with E-state index in [4.69, 9.17) is 9.97 Å². The highest BCUT2D eigenvalue weighted by atomic mass is 32.1.